The predicted molar refractivity (Wildman–Crippen MR) is 115 cm³/mol. The zero-order chi connectivity index (χ0) is 20.5. The molecule has 1 fully saturated rings. The second-order valence-corrected chi connectivity index (χ2v) is 7.40. The third kappa shape index (κ3) is 3.26. The van der Waals surface area contributed by atoms with Gasteiger partial charge in [0.05, 0.1) is 30.1 Å². The van der Waals surface area contributed by atoms with Gasteiger partial charge in [-0.1, -0.05) is 12.1 Å². The van der Waals surface area contributed by atoms with Crippen molar-refractivity contribution < 1.29 is 9.13 Å². The van der Waals surface area contributed by atoms with Gasteiger partial charge in [0, 0.05) is 24.7 Å². The van der Waals surface area contributed by atoms with Crippen molar-refractivity contribution in [3.63, 3.8) is 0 Å². The normalized spacial score (nSPS) is 14.3. The maximum atomic E-state index is 14.6. The second-order valence-electron chi connectivity index (χ2n) is 7.40. The highest BCUT2D eigenvalue weighted by Crippen LogP contribution is 2.33. The van der Waals surface area contributed by atoms with Crippen molar-refractivity contribution in [2.75, 3.05) is 25.1 Å². The maximum absolute atomic E-state index is 14.6. The van der Waals surface area contributed by atoms with E-state index >= 15 is 0 Å². The topological polar surface area (TPSA) is 56.1 Å². The zero-order valence-corrected chi connectivity index (χ0v) is 16.8. The van der Waals surface area contributed by atoms with Crippen LogP contribution >= 0.6 is 0 Å². The fourth-order valence-electron chi connectivity index (χ4n) is 3.99. The molecule has 152 valence electrons. The zero-order valence-electron chi connectivity index (χ0n) is 16.8. The van der Waals surface area contributed by atoms with Crippen LogP contribution in [0.5, 0.6) is 5.75 Å². The van der Waals surface area contributed by atoms with Gasteiger partial charge in [-0.3, -0.25) is 4.98 Å². The van der Waals surface area contributed by atoms with Gasteiger partial charge in [-0.05, 0) is 49.6 Å². The summed E-state index contributed by atoms with van der Waals surface area (Å²) in [7, 11) is 1.52. The summed E-state index contributed by atoms with van der Waals surface area (Å²) in [6.45, 7) is 2.05. The average molecular weight is 403 g/mol. The van der Waals surface area contributed by atoms with Crippen LogP contribution in [-0.4, -0.2) is 39.9 Å². The van der Waals surface area contributed by atoms with Crippen LogP contribution in [0.2, 0.25) is 0 Å². The highest BCUT2D eigenvalue weighted by atomic mass is 19.1. The average Bonchev–Trinajstić information content (AvgIpc) is 3.23. The van der Waals surface area contributed by atoms with Crippen LogP contribution in [0.4, 0.5) is 10.2 Å². The summed E-state index contributed by atoms with van der Waals surface area (Å²) in [6, 6.07) is 12.6. The lowest BCUT2D eigenvalue weighted by atomic mass is 10.1. The molecule has 0 atom stereocenters. The molecule has 6 nitrogen and oxygen atoms in total. The molecular weight excluding hydrogens is 381 g/mol. The number of benzene rings is 1. The van der Waals surface area contributed by atoms with Crippen molar-refractivity contribution >= 4 is 16.7 Å². The molecule has 0 radical (unpaired) electrons. The first kappa shape index (κ1) is 18.5. The van der Waals surface area contributed by atoms with Crippen LogP contribution < -0.4 is 9.64 Å². The number of hydrogen-bond acceptors (Lipinski definition) is 5. The first-order chi connectivity index (χ1) is 14.7. The van der Waals surface area contributed by atoms with Gasteiger partial charge in [0.25, 0.3) is 0 Å². The number of hydrogen-bond donors (Lipinski definition) is 0. The Labute approximate surface area is 173 Å². The monoisotopic (exact) mass is 403 g/mol. The SMILES string of the molecule is COc1cccc(F)c1-c1cc2c(cn1)cnn2-c1cccc(N2CCCCC2)n1. The third-order valence-corrected chi connectivity index (χ3v) is 5.52. The van der Waals surface area contributed by atoms with Crippen LogP contribution in [0, 0.1) is 5.82 Å². The van der Waals surface area contributed by atoms with Crippen molar-refractivity contribution in [3.05, 3.63) is 60.7 Å². The Bertz CT molecular complexity index is 1200. The Morgan fingerprint density at radius 2 is 1.77 bits per heavy atom. The number of nitrogens with zero attached hydrogens (tertiary/aromatic N) is 5. The summed E-state index contributed by atoms with van der Waals surface area (Å²) >= 11 is 0. The Morgan fingerprint density at radius 1 is 0.967 bits per heavy atom. The van der Waals surface area contributed by atoms with Crippen LogP contribution in [0.25, 0.3) is 28.0 Å². The van der Waals surface area contributed by atoms with Gasteiger partial charge < -0.3 is 9.64 Å². The van der Waals surface area contributed by atoms with Gasteiger partial charge in [-0.2, -0.15) is 5.10 Å². The van der Waals surface area contributed by atoms with Gasteiger partial charge >= 0.3 is 0 Å². The summed E-state index contributed by atoms with van der Waals surface area (Å²) < 4.78 is 21.7. The molecule has 4 heterocycles. The summed E-state index contributed by atoms with van der Waals surface area (Å²) in [5, 5.41) is 5.38. The molecule has 3 aromatic heterocycles. The number of ether oxygens (including phenoxy) is 1. The minimum Gasteiger partial charge on any atom is -0.496 e. The van der Waals surface area contributed by atoms with Gasteiger partial charge in [-0.25, -0.2) is 14.1 Å². The van der Waals surface area contributed by atoms with E-state index in [4.69, 9.17) is 9.72 Å². The predicted octanol–water partition coefficient (Wildman–Crippen LogP) is 4.62. The number of methoxy groups -OCH3 is 1. The van der Waals surface area contributed by atoms with E-state index in [1.54, 1.807) is 29.2 Å². The molecule has 1 aromatic carbocycles. The quantitative estimate of drug-likeness (QED) is 0.498. The van der Waals surface area contributed by atoms with E-state index < -0.39 is 0 Å². The number of aromatic nitrogens is 4. The molecule has 4 aromatic rings. The highest BCUT2D eigenvalue weighted by molar-refractivity contribution is 5.84. The van der Waals surface area contributed by atoms with Crippen molar-refractivity contribution in [1.82, 2.24) is 19.7 Å². The molecule has 1 aliphatic rings. The smallest absolute Gasteiger partial charge is 0.156 e. The molecule has 0 N–H and O–H groups in total. The molecule has 1 saturated heterocycles. The minimum absolute atomic E-state index is 0.338. The Kier molecular flexibility index (Phi) is 4.78. The summed E-state index contributed by atoms with van der Waals surface area (Å²) in [5.74, 6) is 1.75. The molecule has 0 spiro atoms. The summed E-state index contributed by atoms with van der Waals surface area (Å²) in [6.07, 6.45) is 7.11. The van der Waals surface area contributed by atoms with Crippen molar-refractivity contribution in [2.45, 2.75) is 19.3 Å². The summed E-state index contributed by atoms with van der Waals surface area (Å²) in [4.78, 5) is 11.6. The van der Waals surface area contributed by atoms with Gasteiger partial charge in [0.15, 0.2) is 5.82 Å². The van der Waals surface area contributed by atoms with Crippen molar-refractivity contribution in [3.8, 4) is 22.8 Å². The fourth-order valence-corrected chi connectivity index (χ4v) is 3.99. The largest absolute Gasteiger partial charge is 0.496 e. The number of halogens is 1. The molecule has 5 rings (SSSR count). The first-order valence-electron chi connectivity index (χ1n) is 10.1. The Morgan fingerprint density at radius 3 is 2.60 bits per heavy atom. The lowest BCUT2D eigenvalue weighted by Gasteiger charge is -2.27. The van der Waals surface area contributed by atoms with E-state index in [9.17, 15) is 4.39 Å². The van der Waals surface area contributed by atoms with Gasteiger partial charge in [0.2, 0.25) is 0 Å². The van der Waals surface area contributed by atoms with E-state index in [1.807, 2.05) is 24.3 Å². The van der Waals surface area contributed by atoms with Gasteiger partial charge in [0.1, 0.15) is 17.4 Å². The maximum Gasteiger partial charge on any atom is 0.156 e. The molecular formula is C23H22FN5O. The molecule has 30 heavy (non-hydrogen) atoms. The fraction of sp³-hybridized carbons (Fsp3) is 0.261. The third-order valence-electron chi connectivity index (χ3n) is 5.52. The Balaban J connectivity index is 1.60. The minimum atomic E-state index is -0.377. The molecule has 7 heteroatoms. The molecule has 0 aliphatic carbocycles. The molecule has 0 unspecified atom stereocenters. The molecule has 1 aliphatic heterocycles. The summed E-state index contributed by atoms with van der Waals surface area (Å²) in [5.41, 5.74) is 1.64. The number of fused-ring (bicyclic) bond motifs is 1. The van der Waals surface area contributed by atoms with Gasteiger partial charge in [-0.15, -0.1) is 0 Å². The van der Waals surface area contributed by atoms with E-state index in [1.165, 1.54) is 32.4 Å². The number of pyridine rings is 2. The number of rotatable bonds is 4. The van der Waals surface area contributed by atoms with Crippen LogP contribution in [0.3, 0.4) is 0 Å². The lowest BCUT2D eigenvalue weighted by Crippen LogP contribution is -2.30. The molecule has 0 bridgehead atoms. The lowest BCUT2D eigenvalue weighted by molar-refractivity contribution is 0.413. The van der Waals surface area contributed by atoms with E-state index in [0.717, 1.165) is 35.6 Å². The van der Waals surface area contributed by atoms with Crippen LogP contribution in [-0.2, 0) is 0 Å². The second kappa shape index (κ2) is 7.74. The van der Waals surface area contributed by atoms with Crippen molar-refractivity contribution in [2.24, 2.45) is 0 Å². The molecule has 0 saturated carbocycles. The molecule has 0 amide bonds. The number of piperidine rings is 1. The highest BCUT2D eigenvalue weighted by Gasteiger charge is 2.17. The standard InChI is InChI=1S/C23H22FN5O/c1-30-20-8-5-7-17(24)23(20)18-13-19-16(14-25-18)15-26-29(19)22-10-6-9-21(27-22)28-11-3-2-4-12-28/h5-10,13-15H,2-4,11-12H2,1H3. The van der Waals surface area contributed by atoms with E-state index in [-0.39, 0.29) is 5.82 Å². The van der Waals surface area contributed by atoms with E-state index in [2.05, 4.69) is 15.0 Å². The number of anilines is 1. The van der Waals surface area contributed by atoms with Crippen molar-refractivity contribution in [1.29, 1.82) is 0 Å². The van der Waals surface area contributed by atoms with Crippen LogP contribution in [0.1, 0.15) is 19.3 Å². The van der Waals surface area contributed by atoms with Crippen LogP contribution in [0.15, 0.2) is 54.9 Å². The Hall–Kier alpha value is -3.48. The first-order valence-corrected chi connectivity index (χ1v) is 10.1. The van der Waals surface area contributed by atoms with E-state index in [0.29, 0.717) is 17.0 Å².